The maximum atomic E-state index is 14.1. The molecular formula is C38H35N5O3S2. The predicted octanol–water partition coefficient (Wildman–Crippen LogP) is 7.60. The van der Waals surface area contributed by atoms with Crippen LogP contribution in [0.15, 0.2) is 136 Å². The molecule has 1 saturated heterocycles. The second kappa shape index (κ2) is 13.8. The third-order valence-corrected chi connectivity index (χ3v) is 11.4. The van der Waals surface area contributed by atoms with Gasteiger partial charge < -0.3 is 0 Å². The normalized spacial score (nSPS) is 16.4. The van der Waals surface area contributed by atoms with Gasteiger partial charge in [-0.15, -0.1) is 11.8 Å². The topological polar surface area (TPSA) is 87.9 Å². The molecule has 1 fully saturated rings. The molecule has 1 aromatic heterocycles. The van der Waals surface area contributed by atoms with E-state index in [1.807, 2.05) is 79.0 Å². The SMILES string of the molecule is Cc1ccc(SCC2=NN(c3ccccc3)C(=O)/C2=C\c2cn(-c3ccccc3)nc2-c2cccc(S(=O)(=O)N3CCCCC3)c2)cc1. The Balaban J connectivity index is 1.31. The molecule has 0 unspecified atom stereocenters. The van der Waals surface area contributed by atoms with Gasteiger partial charge in [0.25, 0.3) is 5.91 Å². The largest absolute Gasteiger partial charge is 0.280 e. The summed E-state index contributed by atoms with van der Waals surface area (Å²) in [5.41, 5.74) is 5.70. The van der Waals surface area contributed by atoms with Crippen LogP contribution in [0.25, 0.3) is 23.0 Å². The molecule has 48 heavy (non-hydrogen) atoms. The number of rotatable bonds is 9. The number of carbonyl (C=O) groups excluding carboxylic acids is 1. The van der Waals surface area contributed by atoms with Crippen molar-refractivity contribution in [1.29, 1.82) is 0 Å². The zero-order valence-electron chi connectivity index (χ0n) is 26.6. The molecular weight excluding hydrogens is 639 g/mol. The average Bonchev–Trinajstić information content (AvgIpc) is 3.70. The van der Waals surface area contributed by atoms with Crippen LogP contribution in [0.5, 0.6) is 0 Å². The first kappa shape index (κ1) is 31.8. The molecule has 2 aliphatic heterocycles. The number of aromatic nitrogens is 2. The predicted molar refractivity (Wildman–Crippen MR) is 193 cm³/mol. The number of hydrogen-bond donors (Lipinski definition) is 0. The maximum Gasteiger partial charge on any atom is 0.280 e. The second-order valence-electron chi connectivity index (χ2n) is 11.9. The van der Waals surface area contributed by atoms with Crippen molar-refractivity contribution in [2.75, 3.05) is 23.9 Å². The van der Waals surface area contributed by atoms with Gasteiger partial charge in [-0.1, -0.05) is 72.6 Å². The first-order valence-corrected chi connectivity index (χ1v) is 18.4. The standard InChI is InChI=1S/C38H35N5O3S2/c1-28-18-20-33(21-19-28)47-27-36-35(38(44)43(39-36)32-15-7-3-8-16-32)25-30-26-42(31-13-5-2-6-14-31)40-37(30)29-12-11-17-34(24-29)48(45,46)41-22-9-4-10-23-41/h2-3,5-8,11-21,24-26H,4,9-10,22-23,27H2,1H3/b35-25-. The number of benzene rings is 4. The lowest BCUT2D eigenvalue weighted by Gasteiger charge is -2.26. The Labute approximate surface area is 285 Å². The van der Waals surface area contributed by atoms with Gasteiger partial charge in [-0.05, 0) is 74.4 Å². The number of sulfonamides is 1. The minimum atomic E-state index is -3.66. The summed E-state index contributed by atoms with van der Waals surface area (Å²) in [7, 11) is -3.66. The zero-order chi connectivity index (χ0) is 33.1. The number of aryl methyl sites for hydroxylation is 1. The number of anilines is 1. The Kier molecular flexibility index (Phi) is 9.12. The lowest BCUT2D eigenvalue weighted by Crippen LogP contribution is -2.35. The van der Waals surface area contributed by atoms with Gasteiger partial charge in [0.05, 0.1) is 27.6 Å². The minimum absolute atomic E-state index is 0.235. The summed E-state index contributed by atoms with van der Waals surface area (Å²) in [6.45, 7) is 3.10. The molecule has 0 bridgehead atoms. The highest BCUT2D eigenvalue weighted by Crippen LogP contribution is 2.33. The summed E-state index contributed by atoms with van der Waals surface area (Å²) in [6, 6.07) is 34.4. The van der Waals surface area contributed by atoms with Gasteiger partial charge in [-0.3, -0.25) is 4.79 Å². The molecule has 0 atom stereocenters. The Morgan fingerprint density at radius 1 is 0.812 bits per heavy atom. The molecule has 0 N–H and O–H groups in total. The van der Waals surface area contributed by atoms with Gasteiger partial charge in [0.1, 0.15) is 5.69 Å². The van der Waals surface area contributed by atoms with Crippen molar-refractivity contribution in [1.82, 2.24) is 14.1 Å². The molecule has 0 spiro atoms. The van der Waals surface area contributed by atoms with Gasteiger partial charge in [0, 0.05) is 41.1 Å². The Hall–Kier alpha value is -4.77. The van der Waals surface area contributed by atoms with Crippen molar-refractivity contribution in [3.8, 4) is 16.9 Å². The van der Waals surface area contributed by atoms with E-state index in [4.69, 9.17) is 10.2 Å². The van der Waals surface area contributed by atoms with Crippen LogP contribution in [-0.2, 0) is 14.8 Å². The molecule has 2 aliphatic rings. The molecule has 0 saturated carbocycles. The van der Waals surface area contributed by atoms with Crippen LogP contribution in [0.3, 0.4) is 0 Å². The number of nitrogens with zero attached hydrogens (tertiary/aromatic N) is 5. The highest BCUT2D eigenvalue weighted by molar-refractivity contribution is 8.00. The summed E-state index contributed by atoms with van der Waals surface area (Å²) in [5, 5.41) is 11.2. The molecule has 5 aromatic rings. The van der Waals surface area contributed by atoms with E-state index >= 15 is 0 Å². The van der Waals surface area contributed by atoms with Crippen LogP contribution in [0, 0.1) is 6.92 Å². The van der Waals surface area contributed by atoms with E-state index in [2.05, 4.69) is 31.2 Å². The molecule has 7 rings (SSSR count). The van der Waals surface area contributed by atoms with Crippen LogP contribution in [-0.4, -0.2) is 53.0 Å². The van der Waals surface area contributed by atoms with Crippen molar-refractivity contribution in [3.05, 3.63) is 132 Å². The molecule has 8 nitrogen and oxygen atoms in total. The summed E-state index contributed by atoms with van der Waals surface area (Å²) in [4.78, 5) is 15.4. The van der Waals surface area contributed by atoms with E-state index in [9.17, 15) is 13.2 Å². The van der Waals surface area contributed by atoms with Gasteiger partial charge in [0.15, 0.2) is 0 Å². The van der Waals surface area contributed by atoms with Crippen LogP contribution >= 0.6 is 11.8 Å². The summed E-state index contributed by atoms with van der Waals surface area (Å²) >= 11 is 1.62. The molecule has 0 aliphatic carbocycles. The highest BCUT2D eigenvalue weighted by Gasteiger charge is 2.32. The van der Waals surface area contributed by atoms with Crippen LogP contribution < -0.4 is 5.01 Å². The van der Waals surface area contributed by atoms with Crippen molar-refractivity contribution < 1.29 is 13.2 Å². The van der Waals surface area contributed by atoms with Crippen LogP contribution in [0.4, 0.5) is 5.69 Å². The second-order valence-corrected chi connectivity index (χ2v) is 14.9. The van der Waals surface area contributed by atoms with Gasteiger partial charge in [-0.2, -0.15) is 19.5 Å². The van der Waals surface area contributed by atoms with Crippen molar-refractivity contribution >= 4 is 45.2 Å². The van der Waals surface area contributed by atoms with Crippen molar-refractivity contribution in [2.45, 2.75) is 36.0 Å². The zero-order valence-corrected chi connectivity index (χ0v) is 28.2. The fraction of sp³-hybridized carbons (Fsp3) is 0.184. The summed E-state index contributed by atoms with van der Waals surface area (Å²) in [5.74, 6) is 0.246. The van der Waals surface area contributed by atoms with E-state index in [1.165, 1.54) is 10.6 Å². The van der Waals surface area contributed by atoms with Crippen molar-refractivity contribution in [2.24, 2.45) is 5.10 Å². The fourth-order valence-electron chi connectivity index (χ4n) is 5.88. The summed E-state index contributed by atoms with van der Waals surface area (Å²) in [6.07, 6.45) is 6.48. The Morgan fingerprint density at radius 3 is 2.21 bits per heavy atom. The molecule has 4 aromatic carbocycles. The number of piperidine rings is 1. The molecule has 0 radical (unpaired) electrons. The molecule has 1 amide bonds. The number of hydrogen-bond acceptors (Lipinski definition) is 6. The number of carbonyl (C=O) groups is 1. The number of thioether (sulfide) groups is 1. The first-order chi connectivity index (χ1) is 23.4. The lowest BCUT2D eigenvalue weighted by atomic mass is 10.0. The maximum absolute atomic E-state index is 14.1. The van der Waals surface area contributed by atoms with Gasteiger partial charge >= 0.3 is 0 Å². The Bertz CT molecular complexity index is 2100. The number of hydrazone groups is 1. The third kappa shape index (κ3) is 6.64. The van der Waals surface area contributed by atoms with Crippen LogP contribution in [0.1, 0.15) is 30.4 Å². The fourth-order valence-corrected chi connectivity index (χ4v) is 8.29. The minimum Gasteiger partial charge on any atom is -0.267 e. The quantitative estimate of drug-likeness (QED) is 0.119. The smallest absolute Gasteiger partial charge is 0.267 e. The van der Waals surface area contributed by atoms with Gasteiger partial charge in [-0.25, -0.2) is 13.1 Å². The van der Waals surface area contributed by atoms with E-state index in [1.54, 1.807) is 38.9 Å². The first-order valence-electron chi connectivity index (χ1n) is 16.0. The highest BCUT2D eigenvalue weighted by atomic mass is 32.2. The lowest BCUT2D eigenvalue weighted by molar-refractivity contribution is -0.114. The number of para-hydroxylation sites is 2. The van der Waals surface area contributed by atoms with E-state index in [-0.39, 0.29) is 10.8 Å². The number of amides is 1. The van der Waals surface area contributed by atoms with E-state index in [0.717, 1.165) is 29.8 Å². The third-order valence-electron chi connectivity index (χ3n) is 8.48. The summed E-state index contributed by atoms with van der Waals surface area (Å²) < 4.78 is 30.6. The monoisotopic (exact) mass is 673 g/mol. The van der Waals surface area contributed by atoms with Crippen molar-refractivity contribution in [3.63, 3.8) is 0 Å². The molecule has 3 heterocycles. The van der Waals surface area contributed by atoms with Crippen LogP contribution in [0.2, 0.25) is 0 Å². The molecule has 242 valence electrons. The van der Waals surface area contributed by atoms with E-state index in [0.29, 0.717) is 52.6 Å². The van der Waals surface area contributed by atoms with Gasteiger partial charge in [0.2, 0.25) is 10.0 Å². The molecule has 10 heteroatoms. The Morgan fingerprint density at radius 2 is 1.50 bits per heavy atom. The average molecular weight is 674 g/mol. The van der Waals surface area contributed by atoms with E-state index < -0.39 is 10.0 Å².